The monoisotopic (exact) mass is 788 g/mol. The van der Waals surface area contributed by atoms with E-state index in [1.165, 1.54) is 21.8 Å². The molecule has 7 rings (SSSR count). The molecule has 17 heteroatoms. The lowest BCUT2D eigenvalue weighted by molar-refractivity contribution is -0.141. The van der Waals surface area contributed by atoms with Gasteiger partial charge in [0.1, 0.15) is 29.5 Å². The number of fused-ring (bicyclic) bond motifs is 2. The Bertz CT molecular complexity index is 2070. The molecule has 2 saturated carbocycles. The van der Waals surface area contributed by atoms with Crippen molar-refractivity contribution in [3.63, 3.8) is 0 Å². The van der Waals surface area contributed by atoms with E-state index in [1.54, 1.807) is 43.5 Å². The largest absolute Gasteiger partial charge is 0.497 e. The third-order valence-corrected chi connectivity index (χ3v) is 12.5. The minimum absolute atomic E-state index is 0.00944. The van der Waals surface area contributed by atoms with E-state index in [9.17, 15) is 27.6 Å². The number of aromatic nitrogens is 4. The molecule has 4 amide bonds. The Kier molecular flexibility index (Phi) is 11.4. The van der Waals surface area contributed by atoms with E-state index < -0.39 is 63.4 Å². The highest BCUT2D eigenvalue weighted by atomic mass is 32.2. The van der Waals surface area contributed by atoms with Gasteiger partial charge in [-0.3, -0.25) is 14.4 Å². The molecule has 3 N–H and O–H groups in total. The quantitative estimate of drug-likeness (QED) is 0.281. The second-order valence-electron chi connectivity index (χ2n) is 15.2. The Hall–Kier alpha value is -5.32. The molecule has 0 unspecified atom stereocenters. The summed E-state index contributed by atoms with van der Waals surface area (Å²) in [5.74, 6) is -1.47. The van der Waals surface area contributed by atoms with Crippen LogP contribution in [0.2, 0.25) is 0 Å². The average Bonchev–Trinajstić information content (AvgIpc) is 3.65. The van der Waals surface area contributed by atoms with E-state index in [0.717, 1.165) is 44.1 Å². The van der Waals surface area contributed by atoms with E-state index in [2.05, 4.69) is 30.8 Å². The second-order valence-corrected chi connectivity index (χ2v) is 16.8. The number of sulfonamides is 1. The van der Waals surface area contributed by atoms with Gasteiger partial charge in [-0.15, -0.1) is 10.2 Å². The number of amides is 4. The number of carbonyl (C=O) groups is 4. The van der Waals surface area contributed by atoms with Gasteiger partial charge in [-0.2, -0.15) is 4.80 Å². The van der Waals surface area contributed by atoms with E-state index in [-0.39, 0.29) is 30.4 Å². The standard InChI is InChI=1S/C39H48N8O8S/c1-25-14-20-31(21-15-25)56(52,53)44-37(50)39-23-27(39)10-6-4-3-5-7-13-32(40-38(51)55-30-11-8-9-12-30)36(49)46-24-28(22-33(46)35(48)41-39)47-43-34(42-45-47)26-16-18-29(54-2)19-17-26/h6,10,14-21,27-28,30,32-33H,3-5,7-9,11-13,22-24H2,1-2H3,(H,40,51)(H,41,48)(H,44,50)/b10-6-/t27-,28-,32-,33+,39+/m1/s1. The fourth-order valence-corrected chi connectivity index (χ4v) is 8.86. The average molecular weight is 789 g/mol. The van der Waals surface area contributed by atoms with Gasteiger partial charge in [0, 0.05) is 24.4 Å². The summed E-state index contributed by atoms with van der Waals surface area (Å²) >= 11 is 0. The van der Waals surface area contributed by atoms with Gasteiger partial charge < -0.3 is 25.0 Å². The number of rotatable bonds is 8. The van der Waals surface area contributed by atoms with Crippen LogP contribution < -0.4 is 20.1 Å². The maximum absolute atomic E-state index is 14.5. The summed E-state index contributed by atoms with van der Waals surface area (Å²) in [6, 6.07) is 10.5. The molecule has 2 aromatic carbocycles. The number of aryl methyl sites for hydroxylation is 1. The molecule has 0 radical (unpaired) electrons. The molecule has 4 aliphatic rings. The minimum Gasteiger partial charge on any atom is -0.497 e. The highest BCUT2D eigenvalue weighted by Gasteiger charge is 2.61. The predicted molar refractivity (Wildman–Crippen MR) is 202 cm³/mol. The van der Waals surface area contributed by atoms with Gasteiger partial charge in [0.15, 0.2) is 0 Å². The SMILES string of the molecule is COc1ccc(-c2nnn([C@@H]3C[C@H]4C(=O)N[C@@]5(C(=O)NS(=O)(=O)c6ccc(C)cc6)C[C@H]5/C=C\CCCCC[C@@H](NC(=O)OC5CCCC5)C(=O)N4C3)n2)cc1. The first-order chi connectivity index (χ1) is 27.0. The summed E-state index contributed by atoms with van der Waals surface area (Å²) in [5.41, 5.74) is -0.0376. The molecule has 2 aliphatic carbocycles. The van der Waals surface area contributed by atoms with Gasteiger partial charge >= 0.3 is 6.09 Å². The van der Waals surface area contributed by atoms with Crippen LogP contribution in [0.5, 0.6) is 5.75 Å². The van der Waals surface area contributed by atoms with E-state index >= 15 is 0 Å². The Balaban J connectivity index is 1.17. The highest BCUT2D eigenvalue weighted by Crippen LogP contribution is 2.46. The molecule has 5 atom stereocenters. The van der Waals surface area contributed by atoms with Crippen molar-refractivity contribution in [3.05, 3.63) is 66.2 Å². The van der Waals surface area contributed by atoms with Crippen molar-refractivity contribution in [3.8, 4) is 17.1 Å². The number of hydrogen-bond acceptors (Lipinski definition) is 11. The Morgan fingerprint density at radius 2 is 1.70 bits per heavy atom. The van der Waals surface area contributed by atoms with Crippen LogP contribution in [0.4, 0.5) is 4.79 Å². The number of allylic oxidation sites excluding steroid dienone is 1. The molecule has 3 heterocycles. The maximum atomic E-state index is 14.5. The summed E-state index contributed by atoms with van der Waals surface area (Å²) in [7, 11) is -2.70. The fourth-order valence-electron chi connectivity index (χ4n) is 7.82. The van der Waals surface area contributed by atoms with Crippen molar-refractivity contribution in [1.29, 1.82) is 0 Å². The molecule has 3 aromatic rings. The van der Waals surface area contributed by atoms with Gasteiger partial charge in [-0.25, -0.2) is 17.9 Å². The molecule has 2 aliphatic heterocycles. The lowest BCUT2D eigenvalue weighted by Crippen LogP contribution is -2.58. The molecule has 56 heavy (non-hydrogen) atoms. The Morgan fingerprint density at radius 3 is 2.43 bits per heavy atom. The van der Waals surface area contributed by atoms with Crippen LogP contribution in [0.15, 0.2) is 65.6 Å². The van der Waals surface area contributed by atoms with Crippen molar-refractivity contribution < 1.29 is 37.1 Å². The molecular formula is C39H48N8O8S. The number of nitrogens with zero attached hydrogens (tertiary/aromatic N) is 5. The summed E-state index contributed by atoms with van der Waals surface area (Å²) in [6.45, 7) is 1.83. The summed E-state index contributed by atoms with van der Waals surface area (Å²) in [4.78, 5) is 58.8. The van der Waals surface area contributed by atoms with Gasteiger partial charge in [0.2, 0.25) is 17.6 Å². The number of benzene rings is 2. The summed E-state index contributed by atoms with van der Waals surface area (Å²) < 4.78 is 39.8. The molecule has 1 aromatic heterocycles. The Labute approximate surface area is 325 Å². The van der Waals surface area contributed by atoms with Crippen LogP contribution in [0, 0.1) is 12.8 Å². The number of carbonyl (C=O) groups excluding carboxylic acids is 4. The van der Waals surface area contributed by atoms with Crippen LogP contribution in [0.3, 0.4) is 0 Å². The number of nitrogens with one attached hydrogen (secondary N) is 3. The van der Waals surface area contributed by atoms with E-state index in [1.807, 2.05) is 19.1 Å². The van der Waals surface area contributed by atoms with Crippen LogP contribution >= 0.6 is 0 Å². The zero-order valence-corrected chi connectivity index (χ0v) is 32.4. The van der Waals surface area contributed by atoms with Crippen LogP contribution in [0.25, 0.3) is 11.4 Å². The summed E-state index contributed by atoms with van der Waals surface area (Å²) in [6.07, 6.45) is 9.78. The van der Waals surface area contributed by atoms with E-state index in [0.29, 0.717) is 36.4 Å². The molecule has 0 bridgehead atoms. The molecule has 0 spiro atoms. The minimum atomic E-state index is -4.27. The molecule has 298 valence electrons. The van der Waals surface area contributed by atoms with Gasteiger partial charge in [-0.05, 0) is 99.9 Å². The van der Waals surface area contributed by atoms with Crippen LogP contribution in [-0.4, -0.2) is 94.7 Å². The molecular weight excluding hydrogens is 741 g/mol. The smallest absolute Gasteiger partial charge is 0.408 e. The van der Waals surface area contributed by atoms with Crippen LogP contribution in [-0.2, 0) is 29.1 Å². The molecule has 1 saturated heterocycles. The number of methoxy groups -OCH3 is 1. The zero-order chi connectivity index (χ0) is 39.5. The third-order valence-electron chi connectivity index (χ3n) is 11.2. The zero-order valence-electron chi connectivity index (χ0n) is 31.6. The first-order valence-corrected chi connectivity index (χ1v) is 20.8. The van der Waals surface area contributed by atoms with Crippen molar-refractivity contribution in [1.82, 2.24) is 40.5 Å². The first kappa shape index (κ1) is 38.9. The fraction of sp³-hybridized carbons (Fsp3) is 0.513. The number of alkyl carbamates (subject to hydrolysis) is 1. The highest BCUT2D eigenvalue weighted by molar-refractivity contribution is 7.90. The van der Waals surface area contributed by atoms with Gasteiger partial charge in [-0.1, -0.05) is 42.7 Å². The number of tetrazole rings is 1. The second kappa shape index (κ2) is 16.4. The number of hydrogen-bond donors (Lipinski definition) is 3. The van der Waals surface area contributed by atoms with Gasteiger partial charge in [0.25, 0.3) is 15.9 Å². The van der Waals surface area contributed by atoms with Crippen LogP contribution in [0.1, 0.15) is 82.2 Å². The van der Waals surface area contributed by atoms with Gasteiger partial charge in [0.05, 0.1) is 18.0 Å². The lowest BCUT2D eigenvalue weighted by Gasteiger charge is -2.30. The normalized spacial score (nSPS) is 26.5. The van der Waals surface area contributed by atoms with Crippen molar-refractivity contribution >= 4 is 33.8 Å². The van der Waals surface area contributed by atoms with Crippen molar-refractivity contribution in [2.75, 3.05) is 13.7 Å². The topological polar surface area (TPSA) is 204 Å². The first-order valence-electron chi connectivity index (χ1n) is 19.3. The molecule has 3 fully saturated rings. The number of ether oxygens (including phenoxy) is 2. The van der Waals surface area contributed by atoms with Crippen molar-refractivity contribution in [2.45, 2.75) is 112 Å². The van der Waals surface area contributed by atoms with Crippen molar-refractivity contribution in [2.24, 2.45) is 5.92 Å². The molecule has 16 nitrogen and oxygen atoms in total. The van der Waals surface area contributed by atoms with E-state index in [4.69, 9.17) is 9.47 Å². The third kappa shape index (κ3) is 8.56. The predicted octanol–water partition coefficient (Wildman–Crippen LogP) is 3.74. The maximum Gasteiger partial charge on any atom is 0.408 e. The lowest BCUT2D eigenvalue weighted by atomic mass is 10.0. The summed E-state index contributed by atoms with van der Waals surface area (Å²) in [5, 5.41) is 18.8. The Morgan fingerprint density at radius 1 is 0.964 bits per heavy atom.